The number of rotatable bonds is 7. The first-order valence-corrected chi connectivity index (χ1v) is 10.3. The number of hydrogen-bond donors (Lipinski definition) is 1. The highest BCUT2D eigenvalue weighted by atomic mass is 19.4. The van der Waals surface area contributed by atoms with Gasteiger partial charge in [0.15, 0.2) is 0 Å². The average Bonchev–Trinajstić information content (AvgIpc) is 3.25. The molecular weight excluding hydrogens is 465 g/mol. The topological polar surface area (TPSA) is 87.5 Å². The number of halogens is 3. The monoisotopic (exact) mass is 486 g/mol. The number of amides is 1. The Bertz CT molecular complexity index is 1360. The lowest BCUT2D eigenvalue weighted by Crippen LogP contribution is -2.61. The van der Waals surface area contributed by atoms with Crippen LogP contribution in [0.4, 0.5) is 13.2 Å². The maximum absolute atomic E-state index is 14.6. The summed E-state index contributed by atoms with van der Waals surface area (Å²) >= 11 is 0. The van der Waals surface area contributed by atoms with E-state index >= 15 is 0 Å². The van der Waals surface area contributed by atoms with Crippen molar-refractivity contribution in [2.45, 2.75) is 12.0 Å². The lowest BCUT2D eigenvalue weighted by atomic mass is 10.1. The maximum Gasteiger partial charge on any atom is 0.459 e. The molecule has 0 saturated carbocycles. The first kappa shape index (κ1) is 24.0. The molecule has 11 heteroatoms. The third-order valence-corrected chi connectivity index (χ3v) is 5.40. The number of ether oxygens (including phenoxy) is 3. The summed E-state index contributed by atoms with van der Waals surface area (Å²) in [5.74, 6) is -3.78. The zero-order chi connectivity index (χ0) is 25.2. The van der Waals surface area contributed by atoms with E-state index < -0.39 is 23.9 Å². The van der Waals surface area contributed by atoms with Gasteiger partial charge in [-0.3, -0.25) is 15.1 Å². The summed E-state index contributed by atoms with van der Waals surface area (Å²) in [6.45, 7) is 0. The van der Waals surface area contributed by atoms with Crippen LogP contribution in [0.1, 0.15) is 10.4 Å². The number of hydrogen-bond acceptors (Lipinski definition) is 6. The minimum absolute atomic E-state index is 0.0222. The number of imidazole rings is 1. The Balaban J connectivity index is 1.88. The summed E-state index contributed by atoms with van der Waals surface area (Å²) in [6.07, 6.45) is -1.97. The molecule has 2 aromatic carbocycles. The molecule has 2 heterocycles. The molecule has 0 radical (unpaired) electrons. The van der Waals surface area contributed by atoms with Gasteiger partial charge in [-0.25, -0.2) is 4.57 Å². The van der Waals surface area contributed by atoms with Crippen LogP contribution in [-0.4, -0.2) is 47.9 Å². The van der Waals surface area contributed by atoms with Crippen LogP contribution in [0, 0.1) is 0 Å². The molecule has 0 aliphatic carbocycles. The minimum Gasteiger partial charge on any atom is -0.495 e. The van der Waals surface area contributed by atoms with Gasteiger partial charge in [-0.15, -0.1) is 0 Å². The second-order valence-corrected chi connectivity index (χ2v) is 7.42. The fourth-order valence-corrected chi connectivity index (χ4v) is 3.69. The fraction of sp³-hybridized carbons (Fsp3) is 0.208. The predicted molar refractivity (Wildman–Crippen MR) is 121 cm³/mol. The van der Waals surface area contributed by atoms with Gasteiger partial charge >= 0.3 is 18.0 Å². The van der Waals surface area contributed by atoms with Crippen molar-refractivity contribution in [3.8, 4) is 22.9 Å². The van der Waals surface area contributed by atoms with Crippen LogP contribution < -0.4 is 14.8 Å². The summed E-state index contributed by atoms with van der Waals surface area (Å²) in [5.41, 5.74) is 1.54. The summed E-state index contributed by atoms with van der Waals surface area (Å²) in [6, 6.07) is 13.5. The number of nitrogens with zero attached hydrogens (tertiary/aromatic N) is 3. The molecule has 0 aliphatic heterocycles. The highest BCUT2D eigenvalue weighted by Crippen LogP contribution is 2.41. The average molecular weight is 486 g/mol. The molecule has 4 aromatic rings. The van der Waals surface area contributed by atoms with Crippen LogP contribution in [0.2, 0.25) is 0 Å². The molecular formula is C24H21F3N4O4. The number of nitrogens with one attached hydrogen (secondary N) is 1. The largest absolute Gasteiger partial charge is 0.495 e. The van der Waals surface area contributed by atoms with Gasteiger partial charge in [0.25, 0.3) is 5.91 Å². The normalized spacial score (nSPS) is 13.3. The van der Waals surface area contributed by atoms with Crippen LogP contribution in [0.25, 0.3) is 22.2 Å². The van der Waals surface area contributed by atoms with Gasteiger partial charge in [0.05, 0.1) is 31.4 Å². The Hall–Kier alpha value is -4.12. The van der Waals surface area contributed by atoms with E-state index in [4.69, 9.17) is 14.2 Å². The molecule has 1 N–H and O–H groups in total. The van der Waals surface area contributed by atoms with E-state index in [9.17, 15) is 18.0 Å². The molecule has 0 spiro atoms. The lowest BCUT2D eigenvalue weighted by Gasteiger charge is -2.36. The van der Waals surface area contributed by atoms with Crippen molar-refractivity contribution < 1.29 is 32.2 Å². The molecule has 8 nitrogen and oxygen atoms in total. The Morgan fingerprint density at radius 3 is 2.31 bits per heavy atom. The first-order chi connectivity index (χ1) is 16.7. The van der Waals surface area contributed by atoms with Crippen LogP contribution in [0.3, 0.4) is 0 Å². The van der Waals surface area contributed by atoms with E-state index in [1.165, 1.54) is 38.6 Å². The number of pyridine rings is 1. The molecule has 0 bridgehead atoms. The van der Waals surface area contributed by atoms with Crippen LogP contribution in [0.5, 0.6) is 11.8 Å². The van der Waals surface area contributed by atoms with Crippen molar-refractivity contribution in [2.75, 3.05) is 21.3 Å². The van der Waals surface area contributed by atoms with E-state index in [1.807, 2.05) is 5.32 Å². The molecule has 2 aromatic heterocycles. The van der Waals surface area contributed by atoms with Crippen LogP contribution in [-0.2, 0) is 10.6 Å². The summed E-state index contributed by atoms with van der Waals surface area (Å²) in [5, 5.41) is 2.00. The second-order valence-electron chi connectivity index (χ2n) is 7.42. The molecule has 0 saturated heterocycles. The highest BCUT2D eigenvalue weighted by Gasteiger charge is 2.61. The molecule has 4 rings (SSSR count). The van der Waals surface area contributed by atoms with Gasteiger partial charge in [0.1, 0.15) is 5.75 Å². The number of carbonyl (C=O) groups excluding carboxylic acids is 1. The van der Waals surface area contributed by atoms with Crippen molar-refractivity contribution in [3.05, 3.63) is 72.6 Å². The Labute approximate surface area is 198 Å². The molecule has 1 atom stereocenters. The number of methoxy groups -OCH3 is 3. The van der Waals surface area contributed by atoms with Crippen LogP contribution in [0.15, 0.2) is 67.0 Å². The third-order valence-electron chi connectivity index (χ3n) is 5.40. The molecule has 1 unspecified atom stereocenters. The van der Waals surface area contributed by atoms with Gasteiger partial charge < -0.3 is 14.2 Å². The van der Waals surface area contributed by atoms with Gasteiger partial charge in [-0.1, -0.05) is 24.3 Å². The van der Waals surface area contributed by atoms with E-state index in [0.717, 1.165) is 7.11 Å². The predicted octanol–water partition coefficient (Wildman–Crippen LogP) is 4.36. The summed E-state index contributed by atoms with van der Waals surface area (Å²) in [7, 11) is 3.53. The SMILES string of the molecule is COc1cncc(-c2ccc3c(c2)nc(OC)n3C(NC(=O)c2ccccc2)(OC)C(F)(F)F)c1. The Morgan fingerprint density at radius 2 is 1.69 bits per heavy atom. The van der Waals surface area contributed by atoms with Gasteiger partial charge in [0, 0.05) is 24.4 Å². The second kappa shape index (κ2) is 9.26. The number of carbonyl (C=O) groups is 1. The van der Waals surface area contributed by atoms with E-state index in [2.05, 4.69) is 9.97 Å². The van der Waals surface area contributed by atoms with Gasteiger partial charge in [-0.05, 0) is 35.9 Å². The van der Waals surface area contributed by atoms with Crippen molar-refractivity contribution in [2.24, 2.45) is 0 Å². The number of aromatic nitrogens is 3. The molecule has 0 aliphatic rings. The zero-order valence-electron chi connectivity index (χ0n) is 19.0. The van der Waals surface area contributed by atoms with Crippen molar-refractivity contribution in [1.82, 2.24) is 19.9 Å². The molecule has 35 heavy (non-hydrogen) atoms. The Morgan fingerprint density at radius 1 is 0.943 bits per heavy atom. The van der Waals surface area contributed by atoms with E-state index in [0.29, 0.717) is 21.4 Å². The molecule has 0 fully saturated rings. The van der Waals surface area contributed by atoms with Gasteiger partial charge in [0.2, 0.25) is 0 Å². The number of fused-ring (bicyclic) bond motifs is 1. The summed E-state index contributed by atoms with van der Waals surface area (Å²) < 4.78 is 59.9. The summed E-state index contributed by atoms with van der Waals surface area (Å²) in [4.78, 5) is 21.1. The maximum atomic E-state index is 14.6. The minimum atomic E-state index is -5.09. The van der Waals surface area contributed by atoms with Crippen molar-refractivity contribution in [1.29, 1.82) is 0 Å². The first-order valence-electron chi connectivity index (χ1n) is 10.3. The molecule has 1 amide bonds. The smallest absolute Gasteiger partial charge is 0.459 e. The van der Waals surface area contributed by atoms with Gasteiger partial charge in [-0.2, -0.15) is 18.2 Å². The van der Waals surface area contributed by atoms with E-state index in [1.54, 1.807) is 42.6 Å². The Kier molecular flexibility index (Phi) is 6.35. The van der Waals surface area contributed by atoms with Crippen molar-refractivity contribution in [3.63, 3.8) is 0 Å². The van der Waals surface area contributed by atoms with Crippen LogP contribution >= 0.6 is 0 Å². The number of benzene rings is 2. The standard InChI is InChI=1S/C24H21F3N4O4/c1-33-18-11-17(13-28-14-18)16-9-10-20-19(12-16)29-22(34-2)31(20)24(35-3,23(25,26)27)30-21(32)15-7-5-4-6-8-15/h4-14H,1-3H3,(H,30,32). The third kappa shape index (κ3) is 4.26. The lowest BCUT2D eigenvalue weighted by molar-refractivity contribution is -0.317. The van der Waals surface area contributed by atoms with E-state index in [-0.39, 0.29) is 16.6 Å². The zero-order valence-corrected chi connectivity index (χ0v) is 19.0. The quantitative estimate of drug-likeness (QED) is 0.391. The van der Waals surface area contributed by atoms with Crippen molar-refractivity contribution >= 4 is 16.9 Å². The molecule has 182 valence electrons. The fourth-order valence-electron chi connectivity index (χ4n) is 3.69. The number of alkyl halides is 3. The highest BCUT2D eigenvalue weighted by molar-refractivity contribution is 5.94.